The predicted molar refractivity (Wildman–Crippen MR) is 56.2 cm³/mol. The molecule has 0 N–H and O–H groups in total. The summed E-state index contributed by atoms with van der Waals surface area (Å²) in [6.07, 6.45) is -1.22. The van der Waals surface area contributed by atoms with Gasteiger partial charge in [0.25, 0.3) is 0 Å². The molecule has 0 fully saturated rings. The molecule has 0 atom stereocenters. The Morgan fingerprint density at radius 2 is 0.933 bits per heavy atom. The van der Waals surface area contributed by atoms with Crippen LogP contribution in [0.5, 0.6) is 0 Å². The maximum absolute atomic E-state index is 5.26. The fraction of sp³-hybridized carbons (Fsp3) is 1.00. The summed E-state index contributed by atoms with van der Waals surface area (Å²) in [6, 6.07) is 0. The van der Waals surface area contributed by atoms with Gasteiger partial charge in [-0.1, -0.05) is 0 Å². The van der Waals surface area contributed by atoms with Gasteiger partial charge >= 0.3 is 0 Å². The lowest BCUT2D eigenvalue weighted by Gasteiger charge is -2.22. The number of nitrogens with zero attached hydrogens (tertiary/aromatic N) is 1. The molecule has 0 aliphatic rings. The molecule has 0 heterocycles. The summed E-state index contributed by atoms with van der Waals surface area (Å²) in [5.41, 5.74) is 0. The average molecular weight is 220 g/mol. The van der Waals surface area contributed by atoms with E-state index in [4.69, 9.17) is 18.9 Å². The lowest BCUT2D eigenvalue weighted by molar-refractivity contribution is -0.236. The Kier molecular flexibility index (Phi) is 10.2. The number of hydrogen-bond donors (Lipinski definition) is 0. The minimum Gasteiger partial charge on any atom is -0.339 e. The Labute approximate surface area is 92.0 Å². The summed E-state index contributed by atoms with van der Waals surface area (Å²) in [5.74, 6) is 0. The largest absolute Gasteiger partial charge is 0.339 e. The summed E-state index contributed by atoms with van der Waals surface area (Å²) in [5, 5.41) is 4.15. The van der Waals surface area contributed by atoms with Crippen molar-refractivity contribution in [2.75, 3.05) is 26.4 Å². The smallest absolute Gasteiger partial charge is 0.236 e. The van der Waals surface area contributed by atoms with E-state index in [-0.39, 0.29) is 0 Å². The second kappa shape index (κ2) is 10.3. The van der Waals surface area contributed by atoms with E-state index in [2.05, 4.69) is 5.32 Å². The van der Waals surface area contributed by atoms with Crippen LogP contribution in [-0.4, -0.2) is 39.3 Å². The Morgan fingerprint density at radius 3 is 1.13 bits per heavy atom. The highest BCUT2D eigenvalue weighted by Crippen LogP contribution is 2.00. The molecule has 0 aromatic carbocycles. The maximum atomic E-state index is 5.26. The molecule has 0 unspecified atom stereocenters. The Balaban J connectivity index is 3.93. The fourth-order valence-corrected chi connectivity index (χ4v) is 0.938. The van der Waals surface area contributed by atoms with E-state index in [9.17, 15) is 0 Å². The zero-order valence-electron chi connectivity index (χ0n) is 10.1. The van der Waals surface area contributed by atoms with Crippen molar-refractivity contribution in [3.63, 3.8) is 0 Å². The molecule has 0 rings (SSSR count). The first-order chi connectivity index (χ1) is 7.28. The molecule has 0 aromatic heterocycles. The Bertz CT molecular complexity index is 109. The number of hydrogen-bond acceptors (Lipinski definition) is 4. The quantitative estimate of drug-likeness (QED) is 0.521. The molecule has 0 aliphatic carbocycles. The van der Waals surface area contributed by atoms with Crippen molar-refractivity contribution in [2.45, 2.75) is 40.5 Å². The van der Waals surface area contributed by atoms with Gasteiger partial charge in [0.1, 0.15) is 0 Å². The van der Waals surface area contributed by atoms with Crippen LogP contribution in [-0.2, 0) is 18.9 Å². The highest BCUT2D eigenvalue weighted by molar-refractivity contribution is 4.43. The lowest BCUT2D eigenvalue weighted by Crippen LogP contribution is -2.39. The van der Waals surface area contributed by atoms with Gasteiger partial charge in [-0.15, -0.1) is 5.32 Å². The molecule has 91 valence electrons. The highest BCUT2D eigenvalue weighted by Gasteiger charge is 2.17. The van der Waals surface area contributed by atoms with Gasteiger partial charge in [0, 0.05) is 26.4 Å². The van der Waals surface area contributed by atoms with Crippen molar-refractivity contribution in [3.05, 3.63) is 0 Å². The summed E-state index contributed by atoms with van der Waals surface area (Å²) < 4.78 is 21.0. The zero-order valence-corrected chi connectivity index (χ0v) is 10.1. The van der Waals surface area contributed by atoms with Crippen LogP contribution in [0.2, 0.25) is 0 Å². The summed E-state index contributed by atoms with van der Waals surface area (Å²) in [7, 11) is 0. The van der Waals surface area contributed by atoms with Gasteiger partial charge in [-0.2, -0.15) is 0 Å². The molecular weight excluding hydrogens is 198 g/mol. The average Bonchev–Trinajstić information content (AvgIpc) is 2.19. The Morgan fingerprint density at radius 1 is 0.667 bits per heavy atom. The second-order valence-corrected chi connectivity index (χ2v) is 2.58. The third kappa shape index (κ3) is 7.70. The van der Waals surface area contributed by atoms with Crippen LogP contribution in [0.4, 0.5) is 0 Å². The molecule has 0 saturated carbocycles. The summed E-state index contributed by atoms with van der Waals surface area (Å²) >= 11 is 0. The van der Waals surface area contributed by atoms with Crippen molar-refractivity contribution in [3.8, 4) is 0 Å². The molecule has 0 bridgehead atoms. The molecule has 1 radical (unpaired) electrons. The van der Waals surface area contributed by atoms with Gasteiger partial charge in [0.2, 0.25) is 12.8 Å². The topological polar surface area (TPSA) is 51.0 Å². The SMILES string of the molecule is CCOC([N]C(OCC)OCC)OCC. The van der Waals surface area contributed by atoms with E-state index in [0.29, 0.717) is 26.4 Å². The first-order valence-electron chi connectivity index (χ1n) is 5.44. The van der Waals surface area contributed by atoms with Crippen LogP contribution >= 0.6 is 0 Å². The first kappa shape index (κ1) is 14.8. The van der Waals surface area contributed by atoms with Crippen LogP contribution in [0.15, 0.2) is 0 Å². The number of rotatable bonds is 10. The maximum Gasteiger partial charge on any atom is 0.236 e. The van der Waals surface area contributed by atoms with Gasteiger partial charge < -0.3 is 18.9 Å². The minimum absolute atomic E-state index is 0.541. The normalized spacial score (nSPS) is 11.6. The summed E-state index contributed by atoms with van der Waals surface area (Å²) in [4.78, 5) is 0. The van der Waals surface area contributed by atoms with E-state index in [1.54, 1.807) is 0 Å². The zero-order chi connectivity index (χ0) is 11.5. The molecular formula is C10H22NO4. The van der Waals surface area contributed by atoms with Crippen LogP contribution < -0.4 is 5.32 Å². The molecule has 0 aliphatic heterocycles. The van der Waals surface area contributed by atoms with Crippen molar-refractivity contribution < 1.29 is 18.9 Å². The van der Waals surface area contributed by atoms with Gasteiger partial charge in [-0.05, 0) is 27.7 Å². The van der Waals surface area contributed by atoms with Crippen LogP contribution in [0.25, 0.3) is 0 Å². The van der Waals surface area contributed by atoms with E-state index in [1.165, 1.54) is 0 Å². The van der Waals surface area contributed by atoms with E-state index in [0.717, 1.165) is 0 Å². The van der Waals surface area contributed by atoms with Crippen LogP contribution in [0, 0.1) is 0 Å². The Hall–Kier alpha value is -0.200. The number of ether oxygens (including phenoxy) is 4. The van der Waals surface area contributed by atoms with Gasteiger partial charge in [-0.3, -0.25) is 0 Å². The molecule has 5 heteroatoms. The standard InChI is InChI=1S/C10H22NO4/c1-5-12-9(13-6-2)11-10(14-7-3)15-8-4/h9-10H,5-8H2,1-4H3. The monoisotopic (exact) mass is 220 g/mol. The molecule has 0 amide bonds. The molecule has 5 nitrogen and oxygen atoms in total. The van der Waals surface area contributed by atoms with Crippen molar-refractivity contribution in [1.29, 1.82) is 0 Å². The molecule has 15 heavy (non-hydrogen) atoms. The van der Waals surface area contributed by atoms with Crippen molar-refractivity contribution in [2.24, 2.45) is 0 Å². The van der Waals surface area contributed by atoms with Crippen LogP contribution in [0.3, 0.4) is 0 Å². The second-order valence-electron chi connectivity index (χ2n) is 2.58. The summed E-state index contributed by atoms with van der Waals surface area (Å²) in [6.45, 7) is 9.71. The minimum atomic E-state index is -0.608. The van der Waals surface area contributed by atoms with E-state index >= 15 is 0 Å². The predicted octanol–water partition coefficient (Wildman–Crippen LogP) is 1.30. The van der Waals surface area contributed by atoms with E-state index in [1.807, 2.05) is 27.7 Å². The van der Waals surface area contributed by atoms with E-state index < -0.39 is 12.8 Å². The highest BCUT2D eigenvalue weighted by atomic mass is 16.7. The van der Waals surface area contributed by atoms with Gasteiger partial charge in [0.05, 0.1) is 0 Å². The first-order valence-corrected chi connectivity index (χ1v) is 5.44. The fourth-order valence-electron chi connectivity index (χ4n) is 0.938. The van der Waals surface area contributed by atoms with Crippen LogP contribution in [0.1, 0.15) is 27.7 Å². The third-order valence-electron chi connectivity index (χ3n) is 1.48. The van der Waals surface area contributed by atoms with Crippen molar-refractivity contribution in [1.82, 2.24) is 5.32 Å². The third-order valence-corrected chi connectivity index (χ3v) is 1.48. The van der Waals surface area contributed by atoms with Crippen molar-refractivity contribution >= 4 is 0 Å². The van der Waals surface area contributed by atoms with Gasteiger partial charge in [-0.25, -0.2) is 0 Å². The molecule has 0 aromatic rings. The van der Waals surface area contributed by atoms with Gasteiger partial charge in [0.15, 0.2) is 0 Å². The lowest BCUT2D eigenvalue weighted by atomic mass is 10.8. The molecule has 0 saturated heterocycles. The molecule has 0 spiro atoms.